The Morgan fingerprint density at radius 2 is 1.68 bits per heavy atom. The van der Waals surface area contributed by atoms with Crippen molar-refractivity contribution in [1.82, 2.24) is 14.2 Å². The van der Waals surface area contributed by atoms with E-state index >= 15 is 0 Å². The molecule has 1 aromatic rings. The lowest BCUT2D eigenvalue weighted by Gasteiger charge is -2.59. The SMILES string of the molecule is CCN(CC)S(=O)(=O)c1ccc(=O)n(CC(=O)NC(C)C23CC4CC(CC(C4)C2)C3)c1. The number of aromatic nitrogens is 1. The van der Waals surface area contributed by atoms with Crippen molar-refractivity contribution in [3.05, 3.63) is 28.7 Å². The molecule has 4 aliphatic carbocycles. The Morgan fingerprint density at radius 1 is 1.13 bits per heavy atom. The van der Waals surface area contributed by atoms with Crippen LogP contribution in [-0.2, 0) is 21.4 Å². The Morgan fingerprint density at radius 3 is 2.19 bits per heavy atom. The number of nitrogens with zero attached hydrogens (tertiary/aromatic N) is 2. The molecule has 1 aromatic heterocycles. The van der Waals surface area contributed by atoms with E-state index in [-0.39, 0.29) is 34.4 Å². The van der Waals surface area contributed by atoms with Gasteiger partial charge >= 0.3 is 0 Å². The maximum Gasteiger partial charge on any atom is 0.251 e. The third kappa shape index (κ3) is 4.21. The van der Waals surface area contributed by atoms with Gasteiger partial charge in [-0.15, -0.1) is 0 Å². The molecule has 7 nitrogen and oxygen atoms in total. The minimum absolute atomic E-state index is 0.0396. The van der Waals surface area contributed by atoms with Crippen molar-refractivity contribution >= 4 is 15.9 Å². The van der Waals surface area contributed by atoms with Gasteiger partial charge in [-0.3, -0.25) is 9.59 Å². The molecule has 1 N–H and O–H groups in total. The Kier molecular flexibility index (Phi) is 6.07. The van der Waals surface area contributed by atoms with Crippen LogP contribution in [0.4, 0.5) is 0 Å². The smallest absolute Gasteiger partial charge is 0.251 e. The summed E-state index contributed by atoms with van der Waals surface area (Å²) in [6, 6.07) is 2.61. The number of nitrogens with one attached hydrogen (secondary N) is 1. The van der Waals surface area contributed by atoms with E-state index in [1.807, 2.05) is 0 Å². The standard InChI is InChI=1S/C23H35N3O4S/c1-4-26(5-2)31(29,30)20-6-7-22(28)25(14-20)15-21(27)24-16(3)23-11-17-8-18(12-23)10-19(9-17)13-23/h6-7,14,16-19H,4-5,8-13,15H2,1-3H3,(H,24,27). The molecular weight excluding hydrogens is 414 g/mol. The van der Waals surface area contributed by atoms with Crippen LogP contribution >= 0.6 is 0 Å². The number of amides is 1. The van der Waals surface area contributed by atoms with E-state index in [0.29, 0.717) is 13.1 Å². The normalized spacial score (nSPS) is 30.5. The van der Waals surface area contributed by atoms with Crippen molar-refractivity contribution < 1.29 is 13.2 Å². The first-order valence-electron chi connectivity index (χ1n) is 11.7. The zero-order valence-corrected chi connectivity index (χ0v) is 19.7. The van der Waals surface area contributed by atoms with Gasteiger partial charge in [-0.25, -0.2) is 8.42 Å². The van der Waals surface area contributed by atoms with Gasteiger partial charge in [0.15, 0.2) is 0 Å². The molecule has 1 heterocycles. The summed E-state index contributed by atoms with van der Waals surface area (Å²) < 4.78 is 28.1. The van der Waals surface area contributed by atoms with Crippen LogP contribution in [0.25, 0.3) is 0 Å². The van der Waals surface area contributed by atoms with Crippen LogP contribution in [0.3, 0.4) is 0 Å². The first-order chi connectivity index (χ1) is 14.7. The van der Waals surface area contributed by atoms with Gasteiger partial charge in [0.25, 0.3) is 5.56 Å². The highest BCUT2D eigenvalue weighted by molar-refractivity contribution is 7.89. The average Bonchev–Trinajstić information content (AvgIpc) is 2.69. The highest BCUT2D eigenvalue weighted by Gasteiger charge is 2.53. The topological polar surface area (TPSA) is 88.5 Å². The first-order valence-corrected chi connectivity index (χ1v) is 13.1. The van der Waals surface area contributed by atoms with Gasteiger partial charge < -0.3 is 9.88 Å². The van der Waals surface area contributed by atoms with E-state index in [4.69, 9.17) is 0 Å². The molecule has 8 heteroatoms. The molecule has 0 spiro atoms. The van der Waals surface area contributed by atoms with Crippen LogP contribution < -0.4 is 10.9 Å². The molecule has 4 saturated carbocycles. The second-order valence-corrected chi connectivity index (χ2v) is 11.9. The van der Waals surface area contributed by atoms with Crippen LogP contribution in [-0.4, -0.2) is 42.3 Å². The van der Waals surface area contributed by atoms with Crippen LogP contribution in [0.5, 0.6) is 0 Å². The van der Waals surface area contributed by atoms with Crippen LogP contribution in [0.15, 0.2) is 28.0 Å². The summed E-state index contributed by atoms with van der Waals surface area (Å²) in [5.74, 6) is 2.17. The maximum absolute atomic E-state index is 12.8. The van der Waals surface area contributed by atoms with Gasteiger partial charge in [0.2, 0.25) is 15.9 Å². The van der Waals surface area contributed by atoms with Gasteiger partial charge in [0.05, 0.1) is 4.90 Å². The van der Waals surface area contributed by atoms with E-state index in [1.54, 1.807) is 13.8 Å². The Labute approximate surface area is 185 Å². The zero-order chi connectivity index (χ0) is 22.4. The highest BCUT2D eigenvalue weighted by atomic mass is 32.2. The summed E-state index contributed by atoms with van der Waals surface area (Å²) in [4.78, 5) is 25.2. The minimum Gasteiger partial charge on any atom is -0.352 e. The van der Waals surface area contributed by atoms with E-state index in [2.05, 4.69) is 12.2 Å². The largest absolute Gasteiger partial charge is 0.352 e. The molecule has 0 saturated heterocycles. The summed E-state index contributed by atoms with van der Waals surface area (Å²) in [6.45, 7) is 6.18. The third-order valence-corrected chi connectivity index (χ3v) is 10.0. The van der Waals surface area contributed by atoms with Crippen molar-refractivity contribution in [2.75, 3.05) is 13.1 Å². The summed E-state index contributed by atoms with van der Waals surface area (Å²) in [6.07, 6.45) is 8.92. The highest BCUT2D eigenvalue weighted by Crippen LogP contribution is 2.61. The van der Waals surface area contributed by atoms with E-state index in [1.165, 1.54) is 65.7 Å². The summed E-state index contributed by atoms with van der Waals surface area (Å²) >= 11 is 0. The lowest BCUT2D eigenvalue weighted by Crippen LogP contribution is -2.56. The van der Waals surface area contributed by atoms with Crippen LogP contribution in [0.1, 0.15) is 59.3 Å². The van der Waals surface area contributed by atoms with E-state index < -0.39 is 10.0 Å². The maximum atomic E-state index is 12.8. The van der Waals surface area contributed by atoms with Gasteiger partial charge in [0, 0.05) is 31.4 Å². The zero-order valence-electron chi connectivity index (χ0n) is 18.8. The second kappa shape index (κ2) is 8.35. The molecule has 0 aromatic carbocycles. The molecular formula is C23H35N3O4S. The monoisotopic (exact) mass is 449 g/mol. The van der Waals surface area contributed by atoms with E-state index in [9.17, 15) is 18.0 Å². The molecule has 4 bridgehead atoms. The third-order valence-electron chi connectivity index (χ3n) is 8.00. The number of hydrogen-bond acceptors (Lipinski definition) is 4. The fraction of sp³-hybridized carbons (Fsp3) is 0.739. The van der Waals surface area contributed by atoms with Crippen LogP contribution in [0.2, 0.25) is 0 Å². The molecule has 4 fully saturated rings. The number of hydrogen-bond donors (Lipinski definition) is 1. The Hall–Kier alpha value is -1.67. The predicted molar refractivity (Wildman–Crippen MR) is 119 cm³/mol. The minimum atomic E-state index is -3.69. The lowest BCUT2D eigenvalue weighted by molar-refractivity contribution is -0.126. The average molecular weight is 450 g/mol. The molecule has 0 radical (unpaired) electrons. The van der Waals surface area contributed by atoms with Gasteiger partial charge in [0.1, 0.15) is 6.54 Å². The molecule has 1 amide bonds. The van der Waals surface area contributed by atoms with Crippen molar-refractivity contribution in [1.29, 1.82) is 0 Å². The Bertz CT molecular complexity index is 961. The molecule has 1 atom stereocenters. The summed E-state index contributed by atoms with van der Waals surface area (Å²) in [5, 5.41) is 3.16. The lowest BCUT2D eigenvalue weighted by atomic mass is 9.48. The number of sulfonamides is 1. The van der Waals surface area contributed by atoms with Crippen molar-refractivity contribution in [3.8, 4) is 0 Å². The predicted octanol–water partition coefficient (Wildman–Crippen LogP) is 2.60. The molecule has 31 heavy (non-hydrogen) atoms. The number of carbonyl (C=O) groups excluding carboxylic acids is 1. The first kappa shape index (κ1) is 22.5. The molecule has 0 aliphatic heterocycles. The quantitative estimate of drug-likeness (QED) is 0.661. The number of rotatable bonds is 8. The molecule has 172 valence electrons. The summed E-state index contributed by atoms with van der Waals surface area (Å²) in [7, 11) is -3.69. The summed E-state index contributed by atoms with van der Waals surface area (Å²) in [5.41, 5.74) is -0.195. The molecule has 1 unspecified atom stereocenters. The second-order valence-electron chi connectivity index (χ2n) is 9.99. The Balaban J connectivity index is 1.47. The molecule has 5 rings (SSSR count). The van der Waals surface area contributed by atoms with E-state index in [0.717, 1.165) is 17.8 Å². The van der Waals surface area contributed by atoms with Gasteiger partial charge in [-0.1, -0.05) is 13.8 Å². The number of pyridine rings is 1. The van der Waals surface area contributed by atoms with Gasteiger partial charge in [-0.2, -0.15) is 4.31 Å². The fourth-order valence-electron chi connectivity index (χ4n) is 6.80. The number of carbonyl (C=O) groups is 1. The van der Waals surface area contributed by atoms with Gasteiger partial charge in [-0.05, 0) is 74.7 Å². The fourth-order valence-corrected chi connectivity index (χ4v) is 8.28. The van der Waals surface area contributed by atoms with Crippen LogP contribution in [0, 0.1) is 23.2 Å². The molecule has 4 aliphatic rings. The van der Waals surface area contributed by atoms with Crippen molar-refractivity contribution in [2.24, 2.45) is 23.2 Å². The van der Waals surface area contributed by atoms with Crippen molar-refractivity contribution in [3.63, 3.8) is 0 Å². The van der Waals surface area contributed by atoms with Crippen molar-refractivity contribution in [2.45, 2.75) is 76.8 Å².